The van der Waals surface area contributed by atoms with Crippen LogP contribution < -0.4 is 5.32 Å². The smallest absolute Gasteiger partial charge is 0.166 e. The summed E-state index contributed by atoms with van der Waals surface area (Å²) >= 11 is 0. The molecule has 3 nitrogen and oxygen atoms in total. The Labute approximate surface area is 134 Å². The van der Waals surface area contributed by atoms with E-state index in [4.69, 9.17) is 0 Å². The summed E-state index contributed by atoms with van der Waals surface area (Å²) in [4.78, 5) is 16.3. The third kappa shape index (κ3) is 6.64. The minimum absolute atomic E-state index is 0.0362. The summed E-state index contributed by atoms with van der Waals surface area (Å²) in [5.41, 5.74) is 2.21. The molecule has 0 amide bonds. The molecule has 0 saturated carbocycles. The minimum atomic E-state index is -0.0362. The first-order chi connectivity index (χ1) is 10.4. The second kappa shape index (κ2) is 10.7. The van der Waals surface area contributed by atoms with Crippen molar-refractivity contribution in [2.75, 3.05) is 7.05 Å². The van der Waals surface area contributed by atoms with Crippen molar-refractivity contribution in [2.45, 2.75) is 33.7 Å². The number of aromatic nitrogens is 1. The third-order valence-corrected chi connectivity index (χ3v) is 2.98. The fourth-order valence-corrected chi connectivity index (χ4v) is 1.52. The molecule has 1 N–H and O–H groups in total. The Bertz CT molecular complexity index is 528. The standard InChI is InChI=1S/C15H17NO.C4H11N/c1-5-7-8-12-13(15(17)11(3)4)9-10-16-14(12)6-2;1-4(2)5-3/h5-11H,1-2H2,3-4H3;4-5H,1-3H3/b8-7-;. The summed E-state index contributed by atoms with van der Waals surface area (Å²) in [6.07, 6.45) is 8.59. The van der Waals surface area contributed by atoms with Crippen LogP contribution in [0, 0.1) is 5.92 Å². The molecule has 1 aromatic rings. The van der Waals surface area contributed by atoms with Crippen molar-refractivity contribution >= 4 is 17.9 Å². The second-order valence-electron chi connectivity index (χ2n) is 5.42. The Hall–Kier alpha value is -2.00. The monoisotopic (exact) mass is 300 g/mol. The van der Waals surface area contributed by atoms with Crippen LogP contribution in [0.2, 0.25) is 0 Å². The van der Waals surface area contributed by atoms with E-state index in [-0.39, 0.29) is 11.7 Å². The summed E-state index contributed by atoms with van der Waals surface area (Å²) in [5, 5.41) is 3.03. The molecule has 0 saturated heterocycles. The van der Waals surface area contributed by atoms with Crippen molar-refractivity contribution in [1.29, 1.82) is 0 Å². The van der Waals surface area contributed by atoms with Gasteiger partial charge >= 0.3 is 0 Å². The zero-order chi connectivity index (χ0) is 17.1. The highest BCUT2D eigenvalue weighted by Gasteiger charge is 2.15. The molecule has 0 unspecified atom stereocenters. The number of nitrogens with one attached hydrogen (secondary N) is 1. The van der Waals surface area contributed by atoms with E-state index >= 15 is 0 Å². The van der Waals surface area contributed by atoms with E-state index in [1.807, 2.05) is 27.0 Å². The third-order valence-electron chi connectivity index (χ3n) is 2.98. The van der Waals surface area contributed by atoms with Gasteiger partial charge in [-0.1, -0.05) is 59.1 Å². The van der Waals surface area contributed by atoms with E-state index in [2.05, 4.69) is 37.3 Å². The largest absolute Gasteiger partial charge is 0.318 e. The molecule has 0 atom stereocenters. The molecule has 0 radical (unpaired) electrons. The molecular weight excluding hydrogens is 272 g/mol. The van der Waals surface area contributed by atoms with Crippen LogP contribution in [-0.4, -0.2) is 23.9 Å². The maximum atomic E-state index is 12.1. The van der Waals surface area contributed by atoms with Gasteiger partial charge in [0.05, 0.1) is 5.69 Å². The predicted octanol–water partition coefficient (Wildman–Crippen LogP) is 4.38. The summed E-state index contributed by atoms with van der Waals surface area (Å²) in [6.45, 7) is 15.3. The van der Waals surface area contributed by atoms with Crippen LogP contribution in [0.15, 0.2) is 37.6 Å². The lowest BCUT2D eigenvalue weighted by Crippen LogP contribution is -2.15. The first kappa shape index (κ1) is 20.0. The van der Waals surface area contributed by atoms with Gasteiger partial charge in [-0.3, -0.25) is 9.78 Å². The van der Waals surface area contributed by atoms with Crippen LogP contribution in [0.1, 0.15) is 49.3 Å². The van der Waals surface area contributed by atoms with Gasteiger partial charge < -0.3 is 5.32 Å². The fourth-order valence-electron chi connectivity index (χ4n) is 1.52. The van der Waals surface area contributed by atoms with E-state index < -0.39 is 0 Å². The van der Waals surface area contributed by atoms with Crippen LogP contribution in [0.4, 0.5) is 0 Å². The van der Waals surface area contributed by atoms with Crippen molar-refractivity contribution in [1.82, 2.24) is 10.3 Å². The van der Waals surface area contributed by atoms with E-state index in [0.29, 0.717) is 11.6 Å². The lowest BCUT2D eigenvalue weighted by molar-refractivity contribution is 0.0939. The molecule has 0 spiro atoms. The van der Waals surface area contributed by atoms with Crippen LogP contribution >= 0.6 is 0 Å². The van der Waals surface area contributed by atoms with E-state index in [9.17, 15) is 4.79 Å². The highest BCUT2D eigenvalue weighted by Crippen LogP contribution is 2.19. The van der Waals surface area contributed by atoms with E-state index in [1.54, 1.807) is 30.5 Å². The van der Waals surface area contributed by atoms with Crippen molar-refractivity contribution in [3.05, 3.63) is 54.4 Å². The number of allylic oxidation sites excluding steroid dienone is 2. The minimum Gasteiger partial charge on any atom is -0.318 e. The summed E-state index contributed by atoms with van der Waals surface area (Å²) in [7, 11) is 1.95. The van der Waals surface area contributed by atoms with Gasteiger partial charge in [0.1, 0.15) is 0 Å². The lowest BCUT2D eigenvalue weighted by Gasteiger charge is -2.09. The van der Waals surface area contributed by atoms with Gasteiger partial charge in [-0.2, -0.15) is 0 Å². The molecule has 0 fully saturated rings. The van der Waals surface area contributed by atoms with Crippen molar-refractivity contribution in [2.24, 2.45) is 5.92 Å². The zero-order valence-electron chi connectivity index (χ0n) is 14.4. The highest BCUT2D eigenvalue weighted by molar-refractivity contribution is 6.01. The summed E-state index contributed by atoms with van der Waals surface area (Å²) in [5.74, 6) is 0.0742. The van der Waals surface area contributed by atoms with Crippen molar-refractivity contribution in [3.8, 4) is 0 Å². The van der Waals surface area contributed by atoms with Gasteiger partial charge in [0.15, 0.2) is 5.78 Å². The maximum Gasteiger partial charge on any atom is 0.166 e. The molecule has 1 heterocycles. The molecule has 0 aliphatic rings. The number of rotatable bonds is 6. The average Bonchev–Trinajstić information content (AvgIpc) is 2.52. The SMILES string of the molecule is C=C/C=C\c1c(C(=O)C(C)C)ccnc1C=C.CNC(C)C. The number of nitrogens with zero attached hydrogens (tertiary/aromatic N) is 1. The normalized spacial score (nSPS) is 10.5. The van der Waals surface area contributed by atoms with Gasteiger partial charge in [-0.15, -0.1) is 0 Å². The summed E-state index contributed by atoms with van der Waals surface area (Å²) < 4.78 is 0. The Morgan fingerprint density at radius 1 is 1.27 bits per heavy atom. The van der Waals surface area contributed by atoms with E-state index in [0.717, 1.165) is 11.3 Å². The number of carbonyl (C=O) groups excluding carboxylic acids is 1. The molecule has 0 aliphatic heterocycles. The number of hydrogen-bond donors (Lipinski definition) is 1. The molecule has 1 rings (SSSR count). The molecule has 120 valence electrons. The Kier molecular flexibility index (Phi) is 9.72. The molecule has 1 aromatic heterocycles. The highest BCUT2D eigenvalue weighted by atomic mass is 16.1. The molecule has 22 heavy (non-hydrogen) atoms. The topological polar surface area (TPSA) is 42.0 Å². The predicted molar refractivity (Wildman–Crippen MR) is 96.9 cm³/mol. The van der Waals surface area contributed by atoms with Crippen LogP contribution in [0.25, 0.3) is 12.2 Å². The lowest BCUT2D eigenvalue weighted by atomic mass is 9.95. The van der Waals surface area contributed by atoms with Crippen LogP contribution in [0.5, 0.6) is 0 Å². The fraction of sp³-hybridized carbons (Fsp3) is 0.368. The second-order valence-corrected chi connectivity index (χ2v) is 5.42. The maximum absolute atomic E-state index is 12.1. The Balaban J connectivity index is 0.000000763. The van der Waals surface area contributed by atoms with Crippen molar-refractivity contribution < 1.29 is 4.79 Å². The van der Waals surface area contributed by atoms with Crippen LogP contribution in [0.3, 0.4) is 0 Å². The molecule has 0 aromatic carbocycles. The number of Topliss-reactive ketones (excluding diaryl/α,β-unsaturated/α-hetero) is 1. The van der Waals surface area contributed by atoms with Crippen molar-refractivity contribution in [3.63, 3.8) is 0 Å². The van der Waals surface area contributed by atoms with Gasteiger partial charge in [0.2, 0.25) is 0 Å². The summed E-state index contributed by atoms with van der Waals surface area (Å²) in [6, 6.07) is 2.38. The first-order valence-electron chi connectivity index (χ1n) is 7.51. The molecule has 0 bridgehead atoms. The van der Waals surface area contributed by atoms with Gasteiger partial charge in [0, 0.05) is 29.3 Å². The average molecular weight is 300 g/mol. The number of pyridine rings is 1. The number of ketones is 1. The van der Waals surface area contributed by atoms with Crippen LogP contribution in [-0.2, 0) is 0 Å². The van der Waals surface area contributed by atoms with E-state index in [1.165, 1.54) is 0 Å². The van der Waals surface area contributed by atoms with Gasteiger partial charge in [0.25, 0.3) is 0 Å². The first-order valence-corrected chi connectivity index (χ1v) is 7.51. The van der Waals surface area contributed by atoms with Gasteiger partial charge in [-0.25, -0.2) is 0 Å². The molecular formula is C19H28N2O. The quantitative estimate of drug-likeness (QED) is 0.626. The van der Waals surface area contributed by atoms with Gasteiger partial charge in [-0.05, 0) is 19.2 Å². The molecule has 0 aliphatic carbocycles. The number of carbonyl (C=O) groups is 1. The number of hydrogen-bond acceptors (Lipinski definition) is 3. The molecule has 3 heteroatoms. The Morgan fingerprint density at radius 2 is 1.86 bits per heavy atom. The zero-order valence-corrected chi connectivity index (χ0v) is 14.4. The Morgan fingerprint density at radius 3 is 2.27 bits per heavy atom.